The lowest BCUT2D eigenvalue weighted by atomic mass is 10.1. The summed E-state index contributed by atoms with van der Waals surface area (Å²) in [5.74, 6) is -2.40. The molecule has 0 saturated heterocycles. The Morgan fingerprint density at radius 1 is 1.33 bits per heavy atom. The van der Waals surface area contributed by atoms with Crippen LogP contribution >= 0.6 is 0 Å². The minimum Gasteiger partial charge on any atom is -0.505 e. The number of aliphatic hydroxyl groups excluding tert-OH is 3. The Balaban J connectivity index is 0.000000583. The molecule has 0 amide bonds. The molecule has 5 heteroatoms. The van der Waals surface area contributed by atoms with Crippen LogP contribution in [-0.2, 0) is 9.53 Å². The Morgan fingerprint density at radius 3 is 2.07 bits per heavy atom. The molecule has 0 aliphatic carbocycles. The summed E-state index contributed by atoms with van der Waals surface area (Å²) < 4.78 is 4.48. The molecule has 0 radical (unpaired) electrons. The second-order valence-corrected chi connectivity index (χ2v) is 3.24. The molecule has 3 N–H and O–H groups in total. The van der Waals surface area contributed by atoms with E-state index in [9.17, 15) is 9.90 Å². The van der Waals surface area contributed by atoms with Crippen LogP contribution in [-0.4, -0.2) is 33.5 Å². The number of ether oxygens (including phenoxy) is 1. The summed E-state index contributed by atoms with van der Waals surface area (Å²) in [4.78, 5) is 10.6. The molecule has 0 saturated carbocycles. The molecule has 1 heterocycles. The number of carbonyl (C=O) groups is 1. The number of cyclic esters (lactones) is 1. The van der Waals surface area contributed by atoms with E-state index in [0.717, 1.165) is 0 Å². The van der Waals surface area contributed by atoms with E-state index in [2.05, 4.69) is 18.6 Å². The average Bonchev–Trinajstić information content (AvgIpc) is 2.46. The van der Waals surface area contributed by atoms with Crippen LogP contribution < -0.4 is 0 Å². The van der Waals surface area contributed by atoms with E-state index in [1.165, 1.54) is 6.42 Å². The Bertz CT molecular complexity index is 246. The third-order valence-corrected chi connectivity index (χ3v) is 1.71. The molecule has 0 aromatic rings. The molecule has 15 heavy (non-hydrogen) atoms. The lowest BCUT2D eigenvalue weighted by molar-refractivity contribution is -0.146. The van der Waals surface area contributed by atoms with Crippen molar-refractivity contribution in [3.05, 3.63) is 11.5 Å². The zero-order chi connectivity index (χ0) is 12.0. The van der Waals surface area contributed by atoms with Crippen LogP contribution in [0.15, 0.2) is 11.5 Å². The Labute approximate surface area is 89.0 Å². The summed E-state index contributed by atoms with van der Waals surface area (Å²) >= 11 is 0. The van der Waals surface area contributed by atoms with Crippen LogP contribution in [0.3, 0.4) is 0 Å². The zero-order valence-electron chi connectivity index (χ0n) is 9.23. The summed E-state index contributed by atoms with van der Waals surface area (Å²) in [5, 5.41) is 27.1. The fraction of sp³-hybridized carbons (Fsp3) is 0.700. The van der Waals surface area contributed by atoms with Crippen LogP contribution in [0.1, 0.15) is 33.6 Å². The number of carbonyl (C=O) groups excluding carboxylic acids is 1. The largest absolute Gasteiger partial charge is 0.505 e. The molecule has 0 aromatic heterocycles. The van der Waals surface area contributed by atoms with E-state index in [1.54, 1.807) is 6.92 Å². The second-order valence-electron chi connectivity index (χ2n) is 3.24. The first-order chi connectivity index (χ1) is 6.99. The number of rotatable bonds is 2. The van der Waals surface area contributed by atoms with Gasteiger partial charge < -0.3 is 20.1 Å². The van der Waals surface area contributed by atoms with Gasteiger partial charge >= 0.3 is 5.97 Å². The van der Waals surface area contributed by atoms with Gasteiger partial charge in [-0.25, -0.2) is 4.79 Å². The highest BCUT2D eigenvalue weighted by Crippen LogP contribution is 2.22. The molecule has 0 aromatic carbocycles. The average molecular weight is 218 g/mol. The number of hydrogen-bond acceptors (Lipinski definition) is 5. The number of esters is 1. The zero-order valence-corrected chi connectivity index (χ0v) is 9.23. The minimum atomic E-state index is -1.11. The molecule has 2 unspecified atom stereocenters. The maximum Gasteiger partial charge on any atom is 0.377 e. The van der Waals surface area contributed by atoms with Gasteiger partial charge in [0.25, 0.3) is 0 Å². The van der Waals surface area contributed by atoms with Gasteiger partial charge in [-0.15, -0.1) is 0 Å². The molecule has 1 rings (SSSR count). The molecule has 0 bridgehead atoms. The van der Waals surface area contributed by atoms with Crippen molar-refractivity contribution >= 4 is 5.97 Å². The van der Waals surface area contributed by atoms with Crippen LogP contribution in [0.2, 0.25) is 0 Å². The van der Waals surface area contributed by atoms with Gasteiger partial charge in [0.2, 0.25) is 5.76 Å². The van der Waals surface area contributed by atoms with Crippen molar-refractivity contribution < 1.29 is 24.9 Å². The van der Waals surface area contributed by atoms with Crippen molar-refractivity contribution in [3.63, 3.8) is 0 Å². The van der Waals surface area contributed by atoms with Gasteiger partial charge in [0.15, 0.2) is 11.9 Å². The molecular formula is C10H18O5. The van der Waals surface area contributed by atoms with Gasteiger partial charge in [0.1, 0.15) is 0 Å². The van der Waals surface area contributed by atoms with Crippen LogP contribution in [0.4, 0.5) is 0 Å². The van der Waals surface area contributed by atoms with E-state index >= 15 is 0 Å². The third kappa shape index (κ3) is 3.43. The van der Waals surface area contributed by atoms with Crippen LogP contribution in [0.25, 0.3) is 0 Å². The third-order valence-electron chi connectivity index (χ3n) is 1.71. The minimum absolute atomic E-state index is 0.329. The first kappa shape index (κ1) is 13.8. The van der Waals surface area contributed by atoms with Crippen molar-refractivity contribution in [2.75, 3.05) is 0 Å². The lowest BCUT2D eigenvalue weighted by Gasteiger charge is -2.14. The number of aliphatic hydroxyl groups is 3. The fourth-order valence-corrected chi connectivity index (χ4v) is 0.941. The van der Waals surface area contributed by atoms with Gasteiger partial charge in [-0.05, 0) is 6.42 Å². The molecule has 5 nitrogen and oxygen atoms in total. The molecule has 1 aliphatic heterocycles. The van der Waals surface area contributed by atoms with Crippen molar-refractivity contribution in [2.45, 2.75) is 45.8 Å². The normalized spacial score (nSPS) is 21.9. The molecule has 88 valence electrons. The van der Waals surface area contributed by atoms with E-state index in [-0.39, 0.29) is 0 Å². The standard InChI is InChI=1S/C7H10O5.C3H8/c1-2-3(8)6-4(9)5(10)7(11)12-6;1-3-2/h3,6,8-10H,2H2,1H3;3H2,1-2H3. The van der Waals surface area contributed by atoms with Gasteiger partial charge in [0, 0.05) is 0 Å². The smallest absolute Gasteiger partial charge is 0.377 e. The highest BCUT2D eigenvalue weighted by atomic mass is 16.6. The Morgan fingerprint density at radius 2 is 1.80 bits per heavy atom. The molecule has 0 spiro atoms. The van der Waals surface area contributed by atoms with Crippen molar-refractivity contribution in [1.82, 2.24) is 0 Å². The predicted molar refractivity (Wildman–Crippen MR) is 54.4 cm³/mol. The van der Waals surface area contributed by atoms with E-state index < -0.39 is 29.7 Å². The van der Waals surface area contributed by atoms with Crippen LogP contribution in [0.5, 0.6) is 0 Å². The van der Waals surface area contributed by atoms with E-state index in [4.69, 9.17) is 10.2 Å². The Kier molecular flexibility index (Phi) is 5.77. The Hall–Kier alpha value is -1.23. The van der Waals surface area contributed by atoms with E-state index in [1.807, 2.05) is 0 Å². The fourth-order valence-electron chi connectivity index (χ4n) is 0.941. The molecule has 2 atom stereocenters. The van der Waals surface area contributed by atoms with Crippen LogP contribution in [0, 0.1) is 0 Å². The summed E-state index contributed by atoms with van der Waals surface area (Å²) in [7, 11) is 0. The number of hydrogen-bond donors (Lipinski definition) is 3. The highest BCUT2D eigenvalue weighted by molar-refractivity contribution is 5.89. The lowest BCUT2D eigenvalue weighted by Crippen LogP contribution is -2.27. The maximum atomic E-state index is 10.6. The van der Waals surface area contributed by atoms with Gasteiger partial charge in [-0.2, -0.15) is 0 Å². The monoisotopic (exact) mass is 218 g/mol. The highest BCUT2D eigenvalue weighted by Gasteiger charge is 2.38. The summed E-state index contributed by atoms with van der Waals surface area (Å²) in [6.45, 7) is 5.92. The first-order valence-corrected chi connectivity index (χ1v) is 5.00. The summed E-state index contributed by atoms with van der Waals surface area (Å²) in [6, 6.07) is 0. The first-order valence-electron chi connectivity index (χ1n) is 5.00. The van der Waals surface area contributed by atoms with Crippen molar-refractivity contribution in [1.29, 1.82) is 0 Å². The van der Waals surface area contributed by atoms with E-state index in [0.29, 0.717) is 6.42 Å². The molecular weight excluding hydrogens is 200 g/mol. The quantitative estimate of drug-likeness (QED) is 0.610. The topological polar surface area (TPSA) is 87.0 Å². The maximum absolute atomic E-state index is 10.6. The SMILES string of the molecule is CCC.CCC(O)C1OC(=O)C(O)=C1O. The molecule has 1 aliphatic rings. The van der Waals surface area contributed by atoms with Crippen molar-refractivity contribution in [2.24, 2.45) is 0 Å². The van der Waals surface area contributed by atoms with Gasteiger partial charge in [0.05, 0.1) is 6.10 Å². The van der Waals surface area contributed by atoms with Gasteiger partial charge in [-0.3, -0.25) is 0 Å². The molecule has 0 fully saturated rings. The van der Waals surface area contributed by atoms with Gasteiger partial charge in [-0.1, -0.05) is 27.2 Å². The van der Waals surface area contributed by atoms with Crippen molar-refractivity contribution in [3.8, 4) is 0 Å². The summed E-state index contributed by atoms with van der Waals surface area (Å²) in [5.41, 5.74) is 0. The second kappa shape index (κ2) is 6.29. The predicted octanol–water partition coefficient (Wildman–Crippen LogP) is 1.43. The summed E-state index contributed by atoms with van der Waals surface area (Å²) in [6.07, 6.45) is -0.504.